The minimum absolute atomic E-state index is 0.517. The van der Waals surface area contributed by atoms with E-state index in [2.05, 4.69) is 39.7 Å². The van der Waals surface area contributed by atoms with Crippen LogP contribution in [0.2, 0.25) is 0 Å². The molecule has 0 aliphatic heterocycles. The van der Waals surface area contributed by atoms with Crippen LogP contribution in [0.15, 0.2) is 30.3 Å². The largest absolute Gasteiger partial charge is 0.381 e. The molecule has 0 saturated carbocycles. The molecular weight excluding hydrogens is 188 g/mol. The average Bonchev–Trinajstić information content (AvgIpc) is 2.66. The lowest BCUT2D eigenvalue weighted by Gasteiger charge is -1.99. The van der Waals surface area contributed by atoms with E-state index < -0.39 is 0 Å². The van der Waals surface area contributed by atoms with Gasteiger partial charge >= 0.3 is 0 Å². The van der Waals surface area contributed by atoms with Crippen molar-refractivity contribution in [2.24, 2.45) is 0 Å². The van der Waals surface area contributed by atoms with Crippen LogP contribution in [0.4, 0.5) is 5.82 Å². The van der Waals surface area contributed by atoms with E-state index in [4.69, 9.17) is 5.73 Å². The molecule has 15 heavy (non-hydrogen) atoms. The van der Waals surface area contributed by atoms with E-state index in [1.165, 1.54) is 5.56 Å². The van der Waals surface area contributed by atoms with Crippen LogP contribution in [0, 0.1) is 0 Å². The highest BCUT2D eigenvalue weighted by Crippen LogP contribution is 2.09. The molecule has 0 spiro atoms. The maximum Gasteiger partial charge on any atom is 0.168 e. The van der Waals surface area contributed by atoms with Crippen molar-refractivity contribution in [2.45, 2.75) is 19.3 Å². The van der Waals surface area contributed by atoms with Gasteiger partial charge in [0.05, 0.1) is 0 Å². The second-order valence-corrected chi connectivity index (χ2v) is 3.49. The molecule has 4 heteroatoms. The summed E-state index contributed by atoms with van der Waals surface area (Å²) in [7, 11) is 0. The number of anilines is 1. The van der Waals surface area contributed by atoms with Gasteiger partial charge in [0.1, 0.15) is 5.69 Å². The minimum atomic E-state index is 0.517. The molecule has 2 aromatic rings. The van der Waals surface area contributed by atoms with Crippen molar-refractivity contribution in [3.63, 3.8) is 0 Å². The summed E-state index contributed by atoms with van der Waals surface area (Å²) >= 11 is 0. The lowest BCUT2D eigenvalue weighted by Crippen LogP contribution is -1.95. The van der Waals surface area contributed by atoms with Gasteiger partial charge in [-0.05, 0) is 24.8 Å². The van der Waals surface area contributed by atoms with E-state index in [-0.39, 0.29) is 0 Å². The molecule has 0 atom stereocenters. The zero-order valence-corrected chi connectivity index (χ0v) is 8.48. The maximum absolute atomic E-state index is 5.62. The Kier molecular flexibility index (Phi) is 2.97. The second kappa shape index (κ2) is 4.59. The molecule has 1 aromatic heterocycles. The van der Waals surface area contributed by atoms with Gasteiger partial charge in [-0.1, -0.05) is 30.3 Å². The summed E-state index contributed by atoms with van der Waals surface area (Å²) in [5.74, 6) is 0.517. The predicted octanol–water partition coefficient (Wildman–Crippen LogP) is 1.56. The van der Waals surface area contributed by atoms with Crippen molar-refractivity contribution in [3.8, 4) is 0 Å². The third-order valence-corrected chi connectivity index (χ3v) is 2.37. The first-order valence-corrected chi connectivity index (χ1v) is 5.05. The lowest BCUT2D eigenvalue weighted by molar-refractivity contribution is 0.791. The Morgan fingerprint density at radius 1 is 1.07 bits per heavy atom. The van der Waals surface area contributed by atoms with E-state index in [9.17, 15) is 0 Å². The molecule has 1 aromatic carbocycles. The fourth-order valence-electron chi connectivity index (χ4n) is 1.55. The van der Waals surface area contributed by atoms with Crippen LogP contribution in [0.25, 0.3) is 0 Å². The van der Waals surface area contributed by atoms with Crippen LogP contribution >= 0.6 is 0 Å². The van der Waals surface area contributed by atoms with Crippen LogP contribution in [0.3, 0.4) is 0 Å². The van der Waals surface area contributed by atoms with Crippen molar-refractivity contribution in [2.75, 3.05) is 5.73 Å². The first kappa shape index (κ1) is 9.71. The van der Waals surface area contributed by atoms with Gasteiger partial charge in [-0.3, -0.25) is 0 Å². The Morgan fingerprint density at radius 2 is 1.87 bits per heavy atom. The highest BCUT2D eigenvalue weighted by atomic mass is 15.3. The zero-order valence-electron chi connectivity index (χ0n) is 8.48. The Balaban J connectivity index is 1.83. The highest BCUT2D eigenvalue weighted by Gasteiger charge is 2.02. The first-order chi connectivity index (χ1) is 7.36. The van der Waals surface area contributed by atoms with Crippen LogP contribution in [0.1, 0.15) is 17.7 Å². The van der Waals surface area contributed by atoms with E-state index in [1.54, 1.807) is 0 Å². The van der Waals surface area contributed by atoms with Gasteiger partial charge in [0, 0.05) is 0 Å². The summed E-state index contributed by atoms with van der Waals surface area (Å²) in [6.07, 6.45) is 2.96. The number of aromatic nitrogens is 3. The number of rotatable bonds is 4. The number of nitrogens with one attached hydrogen (secondary N) is 1. The fraction of sp³-hybridized carbons (Fsp3) is 0.273. The van der Waals surface area contributed by atoms with Crippen LogP contribution in [-0.2, 0) is 12.8 Å². The van der Waals surface area contributed by atoms with Gasteiger partial charge in [-0.2, -0.15) is 10.3 Å². The van der Waals surface area contributed by atoms with E-state index in [1.807, 2.05) is 6.07 Å². The van der Waals surface area contributed by atoms with Crippen LogP contribution < -0.4 is 5.73 Å². The molecule has 4 nitrogen and oxygen atoms in total. The van der Waals surface area contributed by atoms with Gasteiger partial charge in [0.2, 0.25) is 0 Å². The molecule has 3 N–H and O–H groups in total. The smallest absolute Gasteiger partial charge is 0.168 e. The summed E-state index contributed by atoms with van der Waals surface area (Å²) in [5, 5.41) is 10.3. The molecule has 1 heterocycles. The van der Waals surface area contributed by atoms with E-state index in [0.717, 1.165) is 25.0 Å². The quantitative estimate of drug-likeness (QED) is 0.790. The Labute approximate surface area is 88.5 Å². The molecule has 0 radical (unpaired) electrons. The normalized spacial score (nSPS) is 10.4. The topological polar surface area (TPSA) is 67.6 Å². The number of H-pyrrole nitrogens is 1. The van der Waals surface area contributed by atoms with Gasteiger partial charge in [-0.25, -0.2) is 0 Å². The van der Waals surface area contributed by atoms with Crippen LogP contribution in [0.5, 0.6) is 0 Å². The number of hydrogen-bond donors (Lipinski definition) is 2. The summed E-state index contributed by atoms with van der Waals surface area (Å²) < 4.78 is 0. The van der Waals surface area contributed by atoms with Gasteiger partial charge < -0.3 is 5.73 Å². The molecule has 0 amide bonds. The Bertz CT molecular complexity index is 408. The Hall–Kier alpha value is -1.84. The molecule has 0 fully saturated rings. The second-order valence-electron chi connectivity index (χ2n) is 3.49. The van der Waals surface area contributed by atoms with Crippen LogP contribution in [-0.4, -0.2) is 15.4 Å². The van der Waals surface area contributed by atoms with Crippen molar-refractivity contribution in [1.29, 1.82) is 0 Å². The molecule has 0 bridgehead atoms. The molecule has 0 saturated heterocycles. The monoisotopic (exact) mass is 202 g/mol. The third kappa shape index (κ3) is 2.56. The molecule has 0 aliphatic carbocycles. The van der Waals surface area contributed by atoms with Crippen molar-refractivity contribution >= 4 is 5.82 Å². The van der Waals surface area contributed by atoms with Crippen molar-refractivity contribution < 1.29 is 0 Å². The van der Waals surface area contributed by atoms with E-state index >= 15 is 0 Å². The number of nitrogens with two attached hydrogens (primary N) is 1. The summed E-state index contributed by atoms with van der Waals surface area (Å²) in [5.41, 5.74) is 7.83. The maximum atomic E-state index is 5.62. The number of nitrogen functional groups attached to an aromatic ring is 1. The molecule has 2 rings (SSSR count). The molecule has 0 aliphatic rings. The molecular formula is C11H14N4. The number of benzene rings is 1. The highest BCUT2D eigenvalue weighted by molar-refractivity contribution is 5.31. The van der Waals surface area contributed by atoms with Crippen molar-refractivity contribution in [3.05, 3.63) is 41.6 Å². The SMILES string of the molecule is Nc1n[nH]nc1CCCc1ccccc1. The predicted molar refractivity (Wildman–Crippen MR) is 59.3 cm³/mol. The Morgan fingerprint density at radius 3 is 2.53 bits per heavy atom. The van der Waals surface area contributed by atoms with Gasteiger partial charge in [0.25, 0.3) is 0 Å². The lowest BCUT2D eigenvalue weighted by atomic mass is 10.1. The van der Waals surface area contributed by atoms with Crippen molar-refractivity contribution in [1.82, 2.24) is 15.4 Å². The minimum Gasteiger partial charge on any atom is -0.381 e. The number of hydrogen-bond acceptors (Lipinski definition) is 3. The van der Waals surface area contributed by atoms with Gasteiger partial charge in [0.15, 0.2) is 5.82 Å². The standard InChI is InChI=1S/C11H14N4/c12-11-10(13-15-14-11)8-4-7-9-5-2-1-3-6-9/h1-3,5-6H,4,7-8H2,(H3,12,13,14,15). The fourth-order valence-corrected chi connectivity index (χ4v) is 1.55. The summed E-state index contributed by atoms with van der Waals surface area (Å²) in [4.78, 5) is 0. The third-order valence-electron chi connectivity index (χ3n) is 2.37. The molecule has 0 unspecified atom stereocenters. The number of nitrogens with zero attached hydrogens (tertiary/aromatic N) is 2. The first-order valence-electron chi connectivity index (χ1n) is 5.05. The summed E-state index contributed by atoms with van der Waals surface area (Å²) in [6.45, 7) is 0. The number of aromatic amines is 1. The molecule has 78 valence electrons. The van der Waals surface area contributed by atoms with Gasteiger partial charge in [-0.15, -0.1) is 5.10 Å². The van der Waals surface area contributed by atoms with E-state index in [0.29, 0.717) is 5.82 Å². The number of aryl methyl sites for hydroxylation is 2. The average molecular weight is 202 g/mol. The zero-order chi connectivity index (χ0) is 10.5. The summed E-state index contributed by atoms with van der Waals surface area (Å²) in [6, 6.07) is 10.4.